The van der Waals surface area contributed by atoms with Gasteiger partial charge in [0.25, 0.3) is 0 Å². The number of nitrogens with one attached hydrogen (secondary N) is 1. The molecule has 140 valence electrons. The van der Waals surface area contributed by atoms with Crippen molar-refractivity contribution in [3.05, 3.63) is 48.3 Å². The predicted molar refractivity (Wildman–Crippen MR) is 101 cm³/mol. The second kappa shape index (κ2) is 9.60. The minimum atomic E-state index is -0.204. The third-order valence-electron chi connectivity index (χ3n) is 4.15. The maximum atomic E-state index is 12.2. The smallest absolute Gasteiger partial charge is 0.317 e. The first-order valence-electron chi connectivity index (χ1n) is 8.90. The monoisotopic (exact) mass is 357 g/mol. The average molecular weight is 357 g/mol. The van der Waals surface area contributed by atoms with Crippen LogP contribution in [0.3, 0.4) is 0 Å². The van der Waals surface area contributed by atoms with Crippen LogP contribution in [0.15, 0.2) is 42.7 Å². The first kappa shape index (κ1) is 19.5. The molecule has 0 atom stereocenters. The normalized spacial score (nSPS) is 10.4. The molecule has 0 radical (unpaired) electrons. The summed E-state index contributed by atoms with van der Waals surface area (Å²) in [7, 11) is 1.72. The molecule has 1 N–H and O–H groups in total. The van der Waals surface area contributed by atoms with E-state index in [-0.39, 0.29) is 11.9 Å². The van der Waals surface area contributed by atoms with Crippen LogP contribution >= 0.6 is 0 Å². The Morgan fingerprint density at radius 2 is 1.85 bits per heavy atom. The molecule has 7 heteroatoms. The van der Waals surface area contributed by atoms with E-state index in [9.17, 15) is 9.59 Å². The molecular formula is C19H27N5O2. The number of aromatic nitrogens is 2. The molecule has 0 fully saturated rings. The Morgan fingerprint density at radius 3 is 2.50 bits per heavy atom. The Kier molecular flexibility index (Phi) is 7.20. The van der Waals surface area contributed by atoms with Crippen LogP contribution in [0.5, 0.6) is 0 Å². The van der Waals surface area contributed by atoms with Gasteiger partial charge < -0.3 is 15.1 Å². The Hall–Kier alpha value is -2.83. The van der Waals surface area contributed by atoms with Gasteiger partial charge >= 0.3 is 6.03 Å². The summed E-state index contributed by atoms with van der Waals surface area (Å²) in [5.41, 5.74) is 1.91. The van der Waals surface area contributed by atoms with E-state index in [0.29, 0.717) is 32.6 Å². The summed E-state index contributed by atoms with van der Waals surface area (Å²) in [6, 6.07) is 9.60. The minimum absolute atomic E-state index is 0.0575. The van der Waals surface area contributed by atoms with E-state index >= 15 is 0 Å². The summed E-state index contributed by atoms with van der Waals surface area (Å²) in [6.07, 6.45) is 3.97. The Morgan fingerprint density at radius 1 is 1.15 bits per heavy atom. The standard InChI is InChI=1S/C19H27N5O2/c1-4-23(5-2)18(25)11-12-20-19(26)22(3)14-16-13-21-24(15-16)17-9-7-6-8-10-17/h6-10,13,15H,4-5,11-12,14H2,1-3H3,(H,20,26). The fourth-order valence-corrected chi connectivity index (χ4v) is 2.66. The van der Waals surface area contributed by atoms with Crippen LogP contribution in [-0.2, 0) is 11.3 Å². The van der Waals surface area contributed by atoms with Crippen molar-refractivity contribution in [2.45, 2.75) is 26.8 Å². The zero-order valence-corrected chi connectivity index (χ0v) is 15.7. The Balaban J connectivity index is 1.80. The number of para-hydroxylation sites is 1. The molecule has 0 aliphatic rings. The molecule has 0 saturated carbocycles. The highest BCUT2D eigenvalue weighted by Gasteiger charge is 2.13. The van der Waals surface area contributed by atoms with Crippen LogP contribution in [0.4, 0.5) is 4.79 Å². The molecule has 7 nitrogen and oxygen atoms in total. The molecule has 0 bridgehead atoms. The van der Waals surface area contributed by atoms with Gasteiger partial charge in [0, 0.05) is 44.9 Å². The average Bonchev–Trinajstić information content (AvgIpc) is 3.12. The molecule has 2 rings (SSSR count). The van der Waals surface area contributed by atoms with Gasteiger partial charge in [0.15, 0.2) is 0 Å². The van der Waals surface area contributed by atoms with Crippen LogP contribution in [0.25, 0.3) is 5.69 Å². The number of benzene rings is 1. The molecule has 0 aliphatic carbocycles. The Labute approximate surface area is 154 Å². The molecule has 0 unspecified atom stereocenters. The summed E-state index contributed by atoms with van der Waals surface area (Å²) in [5.74, 6) is 0.0575. The van der Waals surface area contributed by atoms with E-state index in [1.165, 1.54) is 0 Å². The summed E-state index contributed by atoms with van der Waals surface area (Å²) in [4.78, 5) is 27.4. The maximum absolute atomic E-state index is 12.2. The van der Waals surface area contributed by atoms with Crippen molar-refractivity contribution >= 4 is 11.9 Å². The highest BCUT2D eigenvalue weighted by atomic mass is 16.2. The zero-order valence-electron chi connectivity index (χ0n) is 15.7. The van der Waals surface area contributed by atoms with Crippen LogP contribution in [0.1, 0.15) is 25.8 Å². The van der Waals surface area contributed by atoms with Crippen molar-refractivity contribution in [3.63, 3.8) is 0 Å². The molecule has 1 heterocycles. The molecule has 0 spiro atoms. The van der Waals surface area contributed by atoms with Crippen molar-refractivity contribution in [2.24, 2.45) is 0 Å². The number of nitrogens with zero attached hydrogens (tertiary/aromatic N) is 4. The molecule has 2 aromatic rings. The molecule has 0 saturated heterocycles. The molecular weight excluding hydrogens is 330 g/mol. The third kappa shape index (κ3) is 5.34. The number of carbonyl (C=O) groups is 2. The van der Waals surface area contributed by atoms with Gasteiger partial charge in [0.05, 0.1) is 18.4 Å². The number of rotatable bonds is 8. The molecule has 3 amide bonds. The lowest BCUT2D eigenvalue weighted by Gasteiger charge is -2.20. The van der Waals surface area contributed by atoms with Crippen molar-refractivity contribution < 1.29 is 9.59 Å². The largest absolute Gasteiger partial charge is 0.343 e. The molecule has 0 aliphatic heterocycles. The van der Waals surface area contributed by atoms with E-state index < -0.39 is 0 Å². The topological polar surface area (TPSA) is 70.5 Å². The maximum Gasteiger partial charge on any atom is 0.317 e. The quantitative estimate of drug-likeness (QED) is 0.788. The first-order valence-corrected chi connectivity index (χ1v) is 8.90. The molecule has 1 aromatic heterocycles. The van der Waals surface area contributed by atoms with Crippen LogP contribution in [-0.4, -0.2) is 58.2 Å². The van der Waals surface area contributed by atoms with Crippen LogP contribution < -0.4 is 5.32 Å². The van der Waals surface area contributed by atoms with Gasteiger partial charge in [-0.3, -0.25) is 4.79 Å². The molecule has 26 heavy (non-hydrogen) atoms. The zero-order chi connectivity index (χ0) is 18.9. The van der Waals surface area contributed by atoms with Gasteiger partial charge in [-0.05, 0) is 26.0 Å². The van der Waals surface area contributed by atoms with E-state index in [1.807, 2.05) is 50.4 Å². The Bertz CT molecular complexity index is 710. The lowest BCUT2D eigenvalue weighted by molar-refractivity contribution is -0.130. The van der Waals surface area contributed by atoms with Crippen molar-refractivity contribution in [1.29, 1.82) is 0 Å². The van der Waals surface area contributed by atoms with Gasteiger partial charge in [-0.25, -0.2) is 9.48 Å². The lowest BCUT2D eigenvalue weighted by atomic mass is 10.3. The van der Waals surface area contributed by atoms with Crippen molar-refractivity contribution in [2.75, 3.05) is 26.7 Å². The lowest BCUT2D eigenvalue weighted by Crippen LogP contribution is -2.39. The first-order chi connectivity index (χ1) is 12.5. The van der Waals surface area contributed by atoms with Crippen LogP contribution in [0, 0.1) is 0 Å². The van der Waals surface area contributed by atoms with Gasteiger partial charge in [-0.2, -0.15) is 5.10 Å². The number of hydrogen-bond donors (Lipinski definition) is 1. The van der Waals surface area contributed by atoms with Crippen molar-refractivity contribution in [1.82, 2.24) is 24.9 Å². The van der Waals surface area contributed by atoms with Gasteiger partial charge in [0.1, 0.15) is 0 Å². The van der Waals surface area contributed by atoms with E-state index in [1.54, 1.807) is 27.7 Å². The van der Waals surface area contributed by atoms with Crippen molar-refractivity contribution in [3.8, 4) is 5.69 Å². The van der Waals surface area contributed by atoms with E-state index in [4.69, 9.17) is 0 Å². The van der Waals surface area contributed by atoms with Crippen LogP contribution in [0.2, 0.25) is 0 Å². The SMILES string of the molecule is CCN(CC)C(=O)CCNC(=O)N(C)Cc1cnn(-c2ccccc2)c1. The predicted octanol–water partition coefficient (Wildman–Crippen LogP) is 2.27. The second-order valence-electron chi connectivity index (χ2n) is 6.03. The van der Waals surface area contributed by atoms with Gasteiger partial charge in [-0.15, -0.1) is 0 Å². The highest BCUT2D eigenvalue weighted by Crippen LogP contribution is 2.09. The van der Waals surface area contributed by atoms with Gasteiger partial charge in [0.2, 0.25) is 5.91 Å². The fourth-order valence-electron chi connectivity index (χ4n) is 2.66. The third-order valence-corrected chi connectivity index (χ3v) is 4.15. The number of hydrogen-bond acceptors (Lipinski definition) is 3. The minimum Gasteiger partial charge on any atom is -0.343 e. The summed E-state index contributed by atoms with van der Waals surface area (Å²) >= 11 is 0. The highest BCUT2D eigenvalue weighted by molar-refractivity contribution is 5.78. The molecule has 1 aromatic carbocycles. The summed E-state index contributed by atoms with van der Waals surface area (Å²) in [6.45, 7) is 6.06. The fraction of sp³-hybridized carbons (Fsp3) is 0.421. The summed E-state index contributed by atoms with van der Waals surface area (Å²) in [5, 5.41) is 7.12. The van der Waals surface area contributed by atoms with E-state index in [2.05, 4.69) is 10.4 Å². The number of carbonyl (C=O) groups excluding carboxylic acids is 2. The number of amides is 3. The van der Waals surface area contributed by atoms with E-state index in [0.717, 1.165) is 11.3 Å². The number of urea groups is 1. The second-order valence-corrected chi connectivity index (χ2v) is 6.03. The van der Waals surface area contributed by atoms with Gasteiger partial charge in [-0.1, -0.05) is 18.2 Å². The summed E-state index contributed by atoms with van der Waals surface area (Å²) < 4.78 is 1.78.